The van der Waals surface area contributed by atoms with Gasteiger partial charge in [-0.25, -0.2) is 12.8 Å². The molecule has 7 nitrogen and oxygen atoms in total. The zero-order chi connectivity index (χ0) is 19.6. The lowest BCUT2D eigenvalue weighted by atomic mass is 9.96. The smallest absolute Gasteiger partial charge is 0.243 e. The third-order valence-electron chi connectivity index (χ3n) is 5.20. The zero-order valence-corrected chi connectivity index (χ0v) is 16.1. The molecule has 148 valence electrons. The van der Waals surface area contributed by atoms with Gasteiger partial charge in [0.1, 0.15) is 5.82 Å². The van der Waals surface area contributed by atoms with Crippen LogP contribution in [0.5, 0.6) is 0 Å². The number of hydrogen-bond acceptors (Lipinski definition) is 4. The van der Waals surface area contributed by atoms with E-state index in [4.69, 9.17) is 0 Å². The Morgan fingerprint density at radius 2 is 1.78 bits per heavy atom. The number of piperidine rings is 1. The molecule has 0 aliphatic carbocycles. The Hall–Kier alpha value is -2.00. The van der Waals surface area contributed by atoms with Crippen LogP contribution in [0.25, 0.3) is 0 Å². The molecule has 0 radical (unpaired) electrons. The van der Waals surface area contributed by atoms with Gasteiger partial charge in [0, 0.05) is 46.2 Å². The highest BCUT2D eigenvalue weighted by atomic mass is 32.2. The first-order valence-electron chi connectivity index (χ1n) is 9.09. The molecule has 9 heteroatoms. The fourth-order valence-electron chi connectivity index (χ4n) is 3.65. The topological polar surface area (TPSA) is 78.0 Å². The Morgan fingerprint density at radius 3 is 2.41 bits per heavy atom. The highest BCUT2D eigenvalue weighted by Gasteiger charge is 2.34. The second-order valence-corrected chi connectivity index (χ2v) is 8.93. The van der Waals surface area contributed by atoms with Gasteiger partial charge < -0.3 is 9.80 Å². The SMILES string of the molecule is CC(=O)N1CCC[C@H](C(=O)N2CCN(S(=O)(=O)c3cccc(F)c3)CC2)C1. The Bertz CT molecular complexity index is 822. The zero-order valence-electron chi connectivity index (χ0n) is 15.3. The summed E-state index contributed by atoms with van der Waals surface area (Å²) in [7, 11) is -3.78. The Morgan fingerprint density at radius 1 is 1.07 bits per heavy atom. The number of amides is 2. The molecule has 3 rings (SSSR count). The Balaban J connectivity index is 1.61. The van der Waals surface area contributed by atoms with Crippen molar-refractivity contribution >= 4 is 21.8 Å². The highest BCUT2D eigenvalue weighted by molar-refractivity contribution is 7.89. The summed E-state index contributed by atoms with van der Waals surface area (Å²) in [4.78, 5) is 27.6. The van der Waals surface area contributed by atoms with Crippen LogP contribution in [0.15, 0.2) is 29.2 Å². The van der Waals surface area contributed by atoms with Gasteiger partial charge in [-0.3, -0.25) is 9.59 Å². The predicted molar refractivity (Wildman–Crippen MR) is 96.7 cm³/mol. The van der Waals surface area contributed by atoms with E-state index in [1.165, 1.54) is 29.4 Å². The number of piperazine rings is 1. The van der Waals surface area contributed by atoms with Gasteiger partial charge in [0.2, 0.25) is 21.8 Å². The third-order valence-corrected chi connectivity index (χ3v) is 7.09. The molecular formula is C18H24FN3O4S. The van der Waals surface area contributed by atoms with E-state index in [2.05, 4.69) is 0 Å². The van der Waals surface area contributed by atoms with Crippen LogP contribution in [0.4, 0.5) is 4.39 Å². The number of halogens is 1. The average Bonchev–Trinajstić information content (AvgIpc) is 2.67. The molecule has 2 fully saturated rings. The van der Waals surface area contributed by atoms with E-state index >= 15 is 0 Å². The van der Waals surface area contributed by atoms with E-state index in [-0.39, 0.29) is 35.7 Å². The third kappa shape index (κ3) is 4.30. The summed E-state index contributed by atoms with van der Waals surface area (Å²) in [6, 6.07) is 4.94. The lowest BCUT2D eigenvalue weighted by molar-refractivity contribution is -0.141. The van der Waals surface area contributed by atoms with E-state index in [9.17, 15) is 22.4 Å². The molecule has 0 spiro atoms. The van der Waals surface area contributed by atoms with Crippen molar-refractivity contribution in [3.05, 3.63) is 30.1 Å². The molecule has 0 aromatic heterocycles. The quantitative estimate of drug-likeness (QED) is 0.760. The first-order chi connectivity index (χ1) is 12.8. The summed E-state index contributed by atoms with van der Waals surface area (Å²) in [6.07, 6.45) is 1.54. The molecule has 2 aliphatic rings. The van der Waals surface area contributed by atoms with Gasteiger partial charge >= 0.3 is 0 Å². The maximum Gasteiger partial charge on any atom is 0.243 e. The molecular weight excluding hydrogens is 373 g/mol. The predicted octanol–water partition coefficient (Wildman–Crippen LogP) is 0.917. The van der Waals surface area contributed by atoms with Gasteiger partial charge in [-0.15, -0.1) is 0 Å². The van der Waals surface area contributed by atoms with Crippen molar-refractivity contribution < 1.29 is 22.4 Å². The van der Waals surface area contributed by atoms with Crippen LogP contribution in [-0.4, -0.2) is 73.6 Å². The van der Waals surface area contributed by atoms with Crippen molar-refractivity contribution in [1.29, 1.82) is 0 Å². The summed E-state index contributed by atoms with van der Waals surface area (Å²) >= 11 is 0. The average molecular weight is 397 g/mol. The van der Waals surface area contributed by atoms with Gasteiger partial charge in [0.15, 0.2) is 0 Å². The fraction of sp³-hybridized carbons (Fsp3) is 0.556. The van der Waals surface area contributed by atoms with Crippen LogP contribution in [0.2, 0.25) is 0 Å². The maximum absolute atomic E-state index is 13.4. The van der Waals surface area contributed by atoms with Crippen LogP contribution in [0, 0.1) is 11.7 Å². The van der Waals surface area contributed by atoms with Crippen molar-refractivity contribution in [3.8, 4) is 0 Å². The lowest BCUT2D eigenvalue weighted by Gasteiger charge is -2.38. The number of carbonyl (C=O) groups is 2. The van der Waals surface area contributed by atoms with Gasteiger partial charge in [0.05, 0.1) is 10.8 Å². The number of sulfonamides is 1. The number of rotatable bonds is 3. The monoisotopic (exact) mass is 397 g/mol. The van der Waals surface area contributed by atoms with Crippen molar-refractivity contribution in [1.82, 2.24) is 14.1 Å². The van der Waals surface area contributed by atoms with Gasteiger partial charge in [0.25, 0.3) is 0 Å². The molecule has 2 amide bonds. The van der Waals surface area contributed by atoms with Crippen LogP contribution in [-0.2, 0) is 19.6 Å². The minimum Gasteiger partial charge on any atom is -0.342 e. The van der Waals surface area contributed by atoms with E-state index in [0.717, 1.165) is 18.9 Å². The molecule has 2 saturated heterocycles. The van der Waals surface area contributed by atoms with Gasteiger partial charge in [-0.1, -0.05) is 6.07 Å². The normalized spacial score (nSPS) is 21.9. The second kappa shape index (κ2) is 7.93. The number of nitrogens with zero attached hydrogens (tertiary/aromatic N) is 3. The summed E-state index contributed by atoms with van der Waals surface area (Å²) in [5.41, 5.74) is 0. The van der Waals surface area contributed by atoms with Crippen molar-refractivity contribution in [3.63, 3.8) is 0 Å². The summed E-state index contributed by atoms with van der Waals surface area (Å²) < 4.78 is 39.9. The van der Waals surface area contributed by atoms with Crippen LogP contribution < -0.4 is 0 Å². The molecule has 2 aliphatic heterocycles. The number of benzene rings is 1. The molecule has 2 heterocycles. The van der Waals surface area contributed by atoms with E-state index < -0.39 is 15.8 Å². The Kier molecular flexibility index (Phi) is 5.81. The van der Waals surface area contributed by atoms with Crippen molar-refractivity contribution in [2.45, 2.75) is 24.7 Å². The van der Waals surface area contributed by atoms with Crippen LogP contribution >= 0.6 is 0 Å². The van der Waals surface area contributed by atoms with Crippen LogP contribution in [0.1, 0.15) is 19.8 Å². The van der Waals surface area contributed by atoms with E-state index in [1.807, 2.05) is 0 Å². The summed E-state index contributed by atoms with van der Waals surface area (Å²) in [5.74, 6) is -0.881. The molecule has 1 aromatic carbocycles. The van der Waals surface area contributed by atoms with Gasteiger partial charge in [-0.05, 0) is 31.0 Å². The van der Waals surface area contributed by atoms with Crippen LogP contribution in [0.3, 0.4) is 0 Å². The van der Waals surface area contributed by atoms with Gasteiger partial charge in [-0.2, -0.15) is 4.31 Å². The maximum atomic E-state index is 13.4. The number of carbonyl (C=O) groups excluding carboxylic acids is 2. The number of likely N-dealkylation sites (tertiary alicyclic amines) is 1. The molecule has 27 heavy (non-hydrogen) atoms. The first kappa shape index (κ1) is 19.8. The number of hydrogen-bond donors (Lipinski definition) is 0. The molecule has 0 unspecified atom stereocenters. The molecule has 1 atom stereocenters. The molecule has 0 N–H and O–H groups in total. The van der Waals surface area contributed by atoms with E-state index in [0.29, 0.717) is 26.2 Å². The standard InChI is InChI=1S/C18H24FN3O4S/c1-14(23)21-7-3-4-15(13-21)18(24)20-8-10-22(11-9-20)27(25,26)17-6-2-5-16(19)12-17/h2,5-6,12,15H,3-4,7-11,13H2,1H3/t15-/m0/s1. The first-order valence-corrected chi connectivity index (χ1v) is 10.5. The second-order valence-electron chi connectivity index (χ2n) is 6.99. The fourth-order valence-corrected chi connectivity index (χ4v) is 5.10. The largest absolute Gasteiger partial charge is 0.342 e. The minimum atomic E-state index is -3.78. The lowest BCUT2D eigenvalue weighted by Crippen LogP contribution is -2.53. The molecule has 0 bridgehead atoms. The molecule has 1 aromatic rings. The van der Waals surface area contributed by atoms with E-state index in [1.54, 1.807) is 9.80 Å². The molecule has 0 saturated carbocycles. The Labute approximate surface area is 158 Å². The van der Waals surface area contributed by atoms with Crippen molar-refractivity contribution in [2.75, 3.05) is 39.3 Å². The summed E-state index contributed by atoms with van der Waals surface area (Å²) in [6.45, 7) is 3.55. The summed E-state index contributed by atoms with van der Waals surface area (Å²) in [5, 5.41) is 0. The highest BCUT2D eigenvalue weighted by Crippen LogP contribution is 2.22. The minimum absolute atomic E-state index is 0.0243. The van der Waals surface area contributed by atoms with Crippen molar-refractivity contribution in [2.24, 2.45) is 5.92 Å².